The Balaban J connectivity index is 1.89. The highest BCUT2D eigenvalue weighted by molar-refractivity contribution is 7.89. The number of benzene rings is 1. The third-order valence-electron chi connectivity index (χ3n) is 4.36. The second-order valence-corrected chi connectivity index (χ2v) is 7.64. The van der Waals surface area contributed by atoms with Gasteiger partial charge in [-0.1, -0.05) is 0 Å². The summed E-state index contributed by atoms with van der Waals surface area (Å²) in [7, 11) is -3.56. The summed E-state index contributed by atoms with van der Waals surface area (Å²) in [6.07, 6.45) is 0. The minimum absolute atomic E-state index is 0.0589. The third-order valence-corrected chi connectivity index (χ3v) is 6.19. The number of nitrogens with zero attached hydrogens (tertiary/aromatic N) is 2. The first-order valence-corrected chi connectivity index (χ1v) is 8.29. The van der Waals surface area contributed by atoms with Gasteiger partial charge < -0.3 is 5.32 Å². The Bertz CT molecular complexity index is 677. The molecule has 1 aromatic carbocycles. The van der Waals surface area contributed by atoms with Gasteiger partial charge in [-0.15, -0.1) is 0 Å². The molecule has 2 fully saturated rings. The normalized spacial score (nSPS) is 26.0. The molecule has 2 atom stereocenters. The van der Waals surface area contributed by atoms with E-state index < -0.39 is 14.9 Å². The van der Waals surface area contributed by atoms with Gasteiger partial charge in [0, 0.05) is 24.7 Å². The fourth-order valence-corrected chi connectivity index (χ4v) is 4.79. The second kappa shape index (κ2) is 5.04. The van der Waals surface area contributed by atoms with Crippen molar-refractivity contribution in [1.82, 2.24) is 9.62 Å². The Labute approximate surface area is 123 Å². The van der Waals surface area contributed by atoms with Gasteiger partial charge in [-0.2, -0.15) is 4.31 Å². The van der Waals surface area contributed by atoms with Crippen LogP contribution in [0.25, 0.3) is 0 Å². The molecule has 2 saturated heterocycles. The molecule has 0 spiro atoms. The van der Waals surface area contributed by atoms with Crippen molar-refractivity contribution in [2.45, 2.75) is 11.8 Å². The Hall–Kier alpha value is -1.51. The largest absolute Gasteiger partial charge is 0.316 e. The molecule has 2 aliphatic rings. The predicted octanol–water partition coefficient (Wildman–Crippen LogP) is 0.743. The van der Waals surface area contributed by atoms with Crippen LogP contribution in [0.1, 0.15) is 5.56 Å². The first kappa shape index (κ1) is 14.4. The lowest BCUT2D eigenvalue weighted by Gasteiger charge is -2.17. The molecular weight excluding hydrogens is 294 g/mol. The van der Waals surface area contributed by atoms with Crippen molar-refractivity contribution in [3.63, 3.8) is 0 Å². The smallest absolute Gasteiger partial charge is 0.272 e. The van der Waals surface area contributed by atoms with Crippen molar-refractivity contribution in [1.29, 1.82) is 0 Å². The van der Waals surface area contributed by atoms with Gasteiger partial charge in [0.1, 0.15) is 0 Å². The lowest BCUT2D eigenvalue weighted by molar-refractivity contribution is -0.385. The number of hydrogen-bond acceptors (Lipinski definition) is 5. The minimum Gasteiger partial charge on any atom is -0.316 e. The van der Waals surface area contributed by atoms with Crippen LogP contribution < -0.4 is 5.32 Å². The molecule has 7 nitrogen and oxygen atoms in total. The molecule has 0 aromatic heterocycles. The summed E-state index contributed by atoms with van der Waals surface area (Å²) in [5, 5.41) is 14.1. The van der Waals surface area contributed by atoms with Gasteiger partial charge in [0.15, 0.2) is 0 Å². The summed E-state index contributed by atoms with van der Waals surface area (Å²) < 4.78 is 26.8. The molecule has 0 aliphatic carbocycles. The maximum absolute atomic E-state index is 12.6. The lowest BCUT2D eigenvalue weighted by atomic mass is 10.0. The van der Waals surface area contributed by atoms with Crippen LogP contribution in [-0.2, 0) is 10.0 Å². The van der Waals surface area contributed by atoms with Gasteiger partial charge in [0.05, 0.1) is 9.82 Å². The molecule has 0 saturated carbocycles. The molecule has 0 radical (unpaired) electrons. The first-order valence-electron chi connectivity index (χ1n) is 6.85. The van der Waals surface area contributed by atoms with Crippen LogP contribution in [0.3, 0.4) is 0 Å². The molecule has 21 heavy (non-hydrogen) atoms. The molecule has 2 aliphatic heterocycles. The van der Waals surface area contributed by atoms with Crippen LogP contribution in [0.15, 0.2) is 23.1 Å². The average Bonchev–Trinajstić information content (AvgIpc) is 2.98. The Morgan fingerprint density at radius 1 is 1.29 bits per heavy atom. The lowest BCUT2D eigenvalue weighted by Crippen LogP contribution is -2.32. The van der Waals surface area contributed by atoms with Crippen LogP contribution in [-0.4, -0.2) is 43.8 Å². The van der Waals surface area contributed by atoms with E-state index in [-0.39, 0.29) is 10.6 Å². The van der Waals surface area contributed by atoms with Crippen molar-refractivity contribution in [3.05, 3.63) is 33.9 Å². The SMILES string of the molecule is Cc1cc(S(=O)(=O)N2C[C@H]3CNC[C@H]3C2)ccc1[N+](=O)[O-]. The van der Waals surface area contributed by atoms with E-state index in [0.29, 0.717) is 30.5 Å². The fourth-order valence-electron chi connectivity index (χ4n) is 3.15. The van der Waals surface area contributed by atoms with Crippen LogP contribution in [0.5, 0.6) is 0 Å². The number of aryl methyl sites for hydroxylation is 1. The second-order valence-electron chi connectivity index (χ2n) is 5.71. The van der Waals surface area contributed by atoms with Gasteiger partial charge in [0.2, 0.25) is 10.0 Å². The molecule has 1 aromatic rings. The molecule has 8 heteroatoms. The first-order chi connectivity index (χ1) is 9.89. The van der Waals surface area contributed by atoms with Crippen molar-refractivity contribution in [2.24, 2.45) is 11.8 Å². The number of nitro groups is 1. The maximum atomic E-state index is 12.6. The van der Waals surface area contributed by atoms with Crippen molar-refractivity contribution in [2.75, 3.05) is 26.2 Å². The highest BCUT2D eigenvalue weighted by Crippen LogP contribution is 2.31. The molecule has 114 valence electrons. The van der Waals surface area contributed by atoms with E-state index >= 15 is 0 Å². The molecule has 0 amide bonds. The Morgan fingerprint density at radius 2 is 1.90 bits per heavy atom. The van der Waals surface area contributed by atoms with Crippen LogP contribution in [0, 0.1) is 28.9 Å². The van der Waals surface area contributed by atoms with E-state index in [0.717, 1.165) is 13.1 Å². The molecule has 2 heterocycles. The van der Waals surface area contributed by atoms with E-state index in [1.807, 2.05) is 0 Å². The number of nitrogens with one attached hydrogen (secondary N) is 1. The van der Waals surface area contributed by atoms with Crippen LogP contribution in [0.4, 0.5) is 5.69 Å². The Kier molecular flexibility index (Phi) is 3.46. The zero-order chi connectivity index (χ0) is 15.2. The highest BCUT2D eigenvalue weighted by Gasteiger charge is 2.41. The zero-order valence-electron chi connectivity index (χ0n) is 11.7. The van der Waals surface area contributed by atoms with Gasteiger partial charge in [-0.05, 0) is 44.0 Å². The molecule has 0 unspecified atom stereocenters. The summed E-state index contributed by atoms with van der Waals surface area (Å²) in [5.74, 6) is 0.748. The van der Waals surface area contributed by atoms with Gasteiger partial charge in [-0.25, -0.2) is 8.42 Å². The van der Waals surface area contributed by atoms with Gasteiger partial charge in [0.25, 0.3) is 5.69 Å². The summed E-state index contributed by atoms with van der Waals surface area (Å²) in [5.41, 5.74) is 0.304. The van der Waals surface area contributed by atoms with Crippen molar-refractivity contribution >= 4 is 15.7 Å². The topological polar surface area (TPSA) is 92.6 Å². The van der Waals surface area contributed by atoms with Crippen molar-refractivity contribution in [3.8, 4) is 0 Å². The minimum atomic E-state index is -3.56. The van der Waals surface area contributed by atoms with E-state index in [1.165, 1.54) is 22.5 Å². The van der Waals surface area contributed by atoms with Gasteiger partial charge in [-0.3, -0.25) is 10.1 Å². The zero-order valence-corrected chi connectivity index (χ0v) is 12.5. The Morgan fingerprint density at radius 3 is 2.43 bits per heavy atom. The van der Waals surface area contributed by atoms with E-state index in [9.17, 15) is 18.5 Å². The monoisotopic (exact) mass is 311 g/mol. The summed E-state index contributed by atoms with van der Waals surface area (Å²) >= 11 is 0. The van der Waals surface area contributed by atoms with Crippen LogP contribution in [0.2, 0.25) is 0 Å². The summed E-state index contributed by atoms with van der Waals surface area (Å²) in [6.45, 7) is 4.32. The number of rotatable bonds is 3. The summed E-state index contributed by atoms with van der Waals surface area (Å²) in [6, 6.07) is 3.98. The number of nitro benzene ring substituents is 1. The van der Waals surface area contributed by atoms with Gasteiger partial charge >= 0.3 is 0 Å². The standard InChI is InChI=1S/C13H17N3O4S/c1-9-4-12(2-3-13(9)16(17)18)21(19,20)15-7-10-5-14-6-11(10)8-15/h2-4,10-11,14H,5-8H2,1H3/t10-,11+. The molecule has 3 rings (SSSR count). The van der Waals surface area contributed by atoms with Crippen LogP contribution >= 0.6 is 0 Å². The number of hydrogen-bond donors (Lipinski definition) is 1. The molecule has 1 N–H and O–H groups in total. The summed E-state index contributed by atoms with van der Waals surface area (Å²) in [4.78, 5) is 10.4. The quantitative estimate of drug-likeness (QED) is 0.656. The molecule has 0 bridgehead atoms. The van der Waals surface area contributed by atoms with E-state index in [1.54, 1.807) is 6.92 Å². The number of sulfonamides is 1. The molecular formula is C13H17N3O4S. The predicted molar refractivity (Wildman–Crippen MR) is 76.4 cm³/mol. The average molecular weight is 311 g/mol. The maximum Gasteiger partial charge on any atom is 0.272 e. The van der Waals surface area contributed by atoms with E-state index in [2.05, 4.69) is 5.32 Å². The number of fused-ring (bicyclic) bond motifs is 1. The van der Waals surface area contributed by atoms with Crippen molar-refractivity contribution < 1.29 is 13.3 Å². The third kappa shape index (κ3) is 2.43. The van der Waals surface area contributed by atoms with E-state index in [4.69, 9.17) is 0 Å². The highest BCUT2D eigenvalue weighted by atomic mass is 32.2. The fraction of sp³-hybridized carbons (Fsp3) is 0.538.